The molecule has 6 nitrogen and oxygen atoms in total. The van der Waals surface area contributed by atoms with Gasteiger partial charge in [-0.2, -0.15) is 0 Å². The maximum atomic E-state index is 13.5. The van der Waals surface area contributed by atoms with Gasteiger partial charge in [0.1, 0.15) is 22.9 Å². The van der Waals surface area contributed by atoms with Crippen LogP contribution in [0.2, 0.25) is 0 Å². The molecule has 0 amide bonds. The second-order valence-corrected chi connectivity index (χ2v) is 10.9. The van der Waals surface area contributed by atoms with Crippen molar-refractivity contribution in [3.63, 3.8) is 0 Å². The lowest BCUT2D eigenvalue weighted by molar-refractivity contribution is -0.116. The number of carbonyl (C=O) groups excluding carboxylic acids is 3. The van der Waals surface area contributed by atoms with Gasteiger partial charge in [0.15, 0.2) is 17.3 Å². The summed E-state index contributed by atoms with van der Waals surface area (Å²) in [5, 5.41) is 1.02. The van der Waals surface area contributed by atoms with Crippen molar-refractivity contribution in [2.75, 3.05) is 7.05 Å². The second kappa shape index (κ2) is 15.4. The summed E-state index contributed by atoms with van der Waals surface area (Å²) < 4.78 is 5.66. The van der Waals surface area contributed by atoms with E-state index in [-0.39, 0.29) is 31.8 Å². The zero-order valence-electron chi connectivity index (χ0n) is 27.5. The van der Waals surface area contributed by atoms with Crippen molar-refractivity contribution in [1.82, 2.24) is 4.90 Å². The van der Waals surface area contributed by atoms with Gasteiger partial charge in [0.05, 0.1) is 5.70 Å². The third kappa shape index (κ3) is 7.98. The van der Waals surface area contributed by atoms with E-state index in [1.165, 1.54) is 0 Å². The summed E-state index contributed by atoms with van der Waals surface area (Å²) in [6.45, 7) is 17.3. The summed E-state index contributed by atoms with van der Waals surface area (Å²) in [5.41, 5.74) is 6.36. The molecular formula is C38H50N2O4. The molecular weight excluding hydrogens is 548 g/mol. The molecule has 0 saturated carbocycles. The van der Waals surface area contributed by atoms with Crippen LogP contribution in [0.4, 0.5) is 0 Å². The number of nitrogens with zero attached hydrogens (tertiary/aromatic N) is 2. The molecule has 6 heteroatoms. The van der Waals surface area contributed by atoms with Crippen molar-refractivity contribution in [2.45, 2.75) is 86.5 Å². The molecule has 1 aliphatic carbocycles. The van der Waals surface area contributed by atoms with Crippen LogP contribution in [-0.2, 0) is 22.4 Å². The topological polar surface area (TPSA) is 80.0 Å². The number of ketones is 3. The monoisotopic (exact) mass is 598 g/mol. The summed E-state index contributed by atoms with van der Waals surface area (Å²) in [4.78, 5) is 45.2. The van der Waals surface area contributed by atoms with Crippen molar-refractivity contribution in [1.29, 1.82) is 0 Å². The van der Waals surface area contributed by atoms with Gasteiger partial charge in [-0.05, 0) is 99.1 Å². The maximum absolute atomic E-state index is 13.5. The standard InChI is InChI=1S/C34H34N2O4.2C2H6.2H2/c1-20(2)14-34-35-29(32(39)18-26-9-8-25-17-24(22(4)37)10-11-28(25)26)19-30(36(34)5)31(38)12-6-23-7-13-33-27(16-23)15-21(3)40-33;2*1-2;;/h7,10-11,13-17,19,26H,1,6,8-9,12,18H2,2-5H3;2*1-2H3;2*1H/b34-14-;;;;. The van der Waals surface area contributed by atoms with E-state index < -0.39 is 0 Å². The predicted octanol–water partition coefficient (Wildman–Crippen LogP) is 9.37. The van der Waals surface area contributed by atoms with Gasteiger partial charge in [0.2, 0.25) is 0 Å². The molecule has 1 aromatic heterocycles. The largest absolute Gasteiger partial charge is 0.461 e. The quantitative estimate of drug-likeness (QED) is 0.229. The molecule has 0 spiro atoms. The van der Waals surface area contributed by atoms with E-state index in [9.17, 15) is 14.4 Å². The lowest BCUT2D eigenvalue weighted by Crippen LogP contribution is -2.30. The molecule has 1 aliphatic heterocycles. The average Bonchev–Trinajstić information content (AvgIpc) is 3.59. The smallest absolute Gasteiger partial charge is 0.181 e. The third-order valence-corrected chi connectivity index (χ3v) is 7.69. The van der Waals surface area contributed by atoms with Crippen LogP contribution in [0.1, 0.15) is 102 Å². The summed E-state index contributed by atoms with van der Waals surface area (Å²) in [6, 6.07) is 13.7. The van der Waals surface area contributed by atoms with Gasteiger partial charge < -0.3 is 9.32 Å². The van der Waals surface area contributed by atoms with Crippen molar-refractivity contribution in [2.24, 2.45) is 4.99 Å². The van der Waals surface area contributed by atoms with Gasteiger partial charge in [-0.15, -0.1) is 0 Å². The Labute approximate surface area is 265 Å². The van der Waals surface area contributed by atoms with Crippen molar-refractivity contribution >= 4 is 34.0 Å². The number of Topliss-reactive ketones (excluding diaryl/α,β-unsaturated/α-hetero) is 3. The molecule has 2 aromatic carbocycles. The fourth-order valence-corrected chi connectivity index (χ4v) is 5.57. The maximum Gasteiger partial charge on any atom is 0.181 e. The highest BCUT2D eigenvalue weighted by molar-refractivity contribution is 6.45. The number of benzene rings is 2. The zero-order valence-corrected chi connectivity index (χ0v) is 27.5. The zero-order chi connectivity index (χ0) is 32.6. The number of hydrogen-bond donors (Lipinski definition) is 0. The normalized spacial score (nSPS) is 16.2. The molecule has 5 rings (SSSR count). The highest BCUT2D eigenvalue weighted by atomic mass is 16.3. The number of aryl methyl sites for hydroxylation is 3. The van der Waals surface area contributed by atoms with E-state index in [1.807, 2.05) is 77.9 Å². The SMILES string of the molecule is C=C(C)/C=C1/N=C(C(=O)CC2CCc3cc(C(C)=O)ccc32)C=C(C(=O)CCc2ccc3oc(C)cc3c2)N1C.CC.CC.[HH].[HH]. The van der Waals surface area contributed by atoms with Crippen LogP contribution >= 0.6 is 0 Å². The van der Waals surface area contributed by atoms with Crippen LogP contribution in [0.25, 0.3) is 11.0 Å². The average molecular weight is 599 g/mol. The Kier molecular flexibility index (Phi) is 12.0. The molecule has 236 valence electrons. The lowest BCUT2D eigenvalue weighted by atomic mass is 9.92. The van der Waals surface area contributed by atoms with Gasteiger partial charge in [0, 0.05) is 33.7 Å². The Hall–Kier alpha value is -4.32. The molecule has 2 aliphatic rings. The van der Waals surface area contributed by atoms with Crippen molar-refractivity contribution in [3.05, 3.63) is 106 Å². The van der Waals surface area contributed by atoms with Gasteiger partial charge in [-0.3, -0.25) is 14.4 Å². The van der Waals surface area contributed by atoms with Crippen LogP contribution in [0.15, 0.2) is 87.7 Å². The predicted molar refractivity (Wildman–Crippen MR) is 185 cm³/mol. The molecule has 0 fully saturated rings. The first-order chi connectivity index (χ1) is 21.1. The van der Waals surface area contributed by atoms with Crippen molar-refractivity contribution < 1.29 is 21.7 Å². The van der Waals surface area contributed by atoms with Gasteiger partial charge in [-0.1, -0.05) is 58.0 Å². The molecule has 0 radical (unpaired) electrons. The Bertz CT molecular complexity index is 1660. The molecule has 3 aromatic rings. The van der Waals surface area contributed by atoms with Crippen LogP contribution in [0.3, 0.4) is 0 Å². The van der Waals surface area contributed by atoms with E-state index in [2.05, 4.69) is 17.6 Å². The summed E-state index contributed by atoms with van der Waals surface area (Å²) >= 11 is 0. The molecule has 1 unspecified atom stereocenters. The van der Waals surface area contributed by atoms with E-state index in [0.717, 1.165) is 51.8 Å². The molecule has 0 N–H and O–H groups in total. The number of carbonyl (C=O) groups is 3. The number of aliphatic imine (C=N–C) groups is 1. The molecule has 0 saturated heterocycles. The van der Waals surface area contributed by atoms with E-state index in [0.29, 0.717) is 36.3 Å². The Morgan fingerprint density at radius 2 is 1.77 bits per heavy atom. The minimum Gasteiger partial charge on any atom is -0.461 e. The van der Waals surface area contributed by atoms with Crippen LogP contribution in [0.5, 0.6) is 0 Å². The lowest BCUT2D eigenvalue weighted by Gasteiger charge is -2.26. The number of fused-ring (bicyclic) bond motifs is 2. The first-order valence-electron chi connectivity index (χ1n) is 15.7. The molecule has 1 atom stereocenters. The van der Waals surface area contributed by atoms with E-state index in [4.69, 9.17) is 4.42 Å². The summed E-state index contributed by atoms with van der Waals surface area (Å²) in [7, 11) is 1.80. The fraction of sp³-hybridized carbons (Fsp3) is 0.368. The number of rotatable bonds is 9. The molecule has 0 bridgehead atoms. The van der Waals surface area contributed by atoms with E-state index in [1.54, 1.807) is 31.0 Å². The number of likely N-dealkylation sites (N-methyl/N-ethyl adjacent to an activating group) is 1. The Morgan fingerprint density at radius 1 is 1.05 bits per heavy atom. The molecule has 44 heavy (non-hydrogen) atoms. The van der Waals surface area contributed by atoms with Crippen LogP contribution in [0, 0.1) is 6.92 Å². The number of furan rings is 1. The fourth-order valence-electron chi connectivity index (χ4n) is 5.57. The number of hydrogen-bond acceptors (Lipinski definition) is 6. The molecule has 2 heterocycles. The van der Waals surface area contributed by atoms with Crippen LogP contribution in [-0.4, -0.2) is 35.0 Å². The third-order valence-electron chi connectivity index (χ3n) is 7.69. The highest BCUT2D eigenvalue weighted by Gasteiger charge is 2.29. The van der Waals surface area contributed by atoms with Crippen LogP contribution < -0.4 is 0 Å². The number of allylic oxidation sites excluding steroid dienone is 4. The first kappa shape index (κ1) is 34.2. The summed E-state index contributed by atoms with van der Waals surface area (Å²) in [5.74, 6) is 1.33. The van der Waals surface area contributed by atoms with Gasteiger partial charge in [-0.25, -0.2) is 4.99 Å². The Balaban J connectivity index is 0.00000170. The summed E-state index contributed by atoms with van der Waals surface area (Å²) in [6.07, 6.45) is 6.29. The Morgan fingerprint density at radius 3 is 2.45 bits per heavy atom. The first-order valence-corrected chi connectivity index (χ1v) is 15.7. The highest BCUT2D eigenvalue weighted by Crippen LogP contribution is 2.37. The van der Waals surface area contributed by atoms with E-state index >= 15 is 0 Å². The van der Waals surface area contributed by atoms with Crippen molar-refractivity contribution in [3.8, 4) is 0 Å². The minimum absolute atomic E-state index is 0. The minimum atomic E-state index is -0.0970. The van der Waals surface area contributed by atoms with Gasteiger partial charge >= 0.3 is 0 Å². The van der Waals surface area contributed by atoms with Gasteiger partial charge in [0.25, 0.3) is 0 Å². The second-order valence-electron chi connectivity index (χ2n) is 10.9.